The largest absolute Gasteiger partial charge is 0.384 e. The Labute approximate surface area is 96.9 Å². The Hall–Kier alpha value is -2.42. The summed E-state index contributed by atoms with van der Waals surface area (Å²) in [5.41, 5.74) is 0.647. The number of rotatable bonds is 4. The molecule has 0 saturated carbocycles. The summed E-state index contributed by atoms with van der Waals surface area (Å²) in [6, 6.07) is 6.13. The average Bonchev–Trinajstić information content (AvgIpc) is 2.82. The van der Waals surface area contributed by atoms with Gasteiger partial charge in [0, 0.05) is 18.7 Å². The molecule has 0 amide bonds. The molecule has 0 aliphatic heterocycles. The van der Waals surface area contributed by atoms with Crippen molar-refractivity contribution in [2.75, 3.05) is 11.9 Å². The maximum atomic E-state index is 13.2. The fraction of sp³-hybridized carbons (Fsp3) is 0.182. The minimum atomic E-state index is -0.532. The molecule has 1 aromatic carbocycles. The van der Waals surface area contributed by atoms with Gasteiger partial charge >= 0.3 is 0 Å². The summed E-state index contributed by atoms with van der Waals surface area (Å²) in [4.78, 5) is 3.86. The summed E-state index contributed by atoms with van der Waals surface area (Å²) < 4.78 is 18.1. The summed E-state index contributed by atoms with van der Waals surface area (Å²) in [6.07, 6.45) is 1.89. The number of nitrogens with one attached hydrogen (secondary N) is 1. The van der Waals surface area contributed by atoms with Gasteiger partial charge in [-0.2, -0.15) is 10.2 Å². The van der Waals surface area contributed by atoms with Crippen LogP contribution in [0.3, 0.4) is 0 Å². The van der Waals surface area contributed by atoms with Crippen LogP contribution in [0.15, 0.2) is 29.0 Å². The summed E-state index contributed by atoms with van der Waals surface area (Å²) >= 11 is 0. The number of nitrogens with zero attached hydrogens (tertiary/aromatic N) is 3. The van der Waals surface area contributed by atoms with Crippen LogP contribution in [0.25, 0.3) is 0 Å². The predicted molar refractivity (Wildman–Crippen MR) is 57.6 cm³/mol. The van der Waals surface area contributed by atoms with Crippen molar-refractivity contribution in [3.63, 3.8) is 0 Å². The normalized spacial score (nSPS) is 9.88. The number of halogens is 1. The van der Waals surface area contributed by atoms with Crippen LogP contribution in [0, 0.1) is 17.1 Å². The maximum Gasteiger partial charge on any atom is 0.228 e. The summed E-state index contributed by atoms with van der Waals surface area (Å²) in [5, 5.41) is 15.0. The third kappa shape index (κ3) is 2.78. The van der Waals surface area contributed by atoms with E-state index in [-0.39, 0.29) is 5.56 Å². The highest BCUT2D eigenvalue weighted by Gasteiger charge is 2.03. The van der Waals surface area contributed by atoms with E-state index in [1.165, 1.54) is 18.5 Å². The second-order valence-corrected chi connectivity index (χ2v) is 3.32. The maximum absolute atomic E-state index is 13.2. The van der Waals surface area contributed by atoms with Crippen molar-refractivity contribution < 1.29 is 8.91 Å². The van der Waals surface area contributed by atoms with E-state index in [2.05, 4.69) is 15.5 Å². The van der Waals surface area contributed by atoms with Gasteiger partial charge in [0.15, 0.2) is 6.33 Å². The van der Waals surface area contributed by atoms with E-state index in [1.54, 1.807) is 12.1 Å². The fourth-order valence-electron chi connectivity index (χ4n) is 1.34. The average molecular weight is 232 g/mol. The molecule has 17 heavy (non-hydrogen) atoms. The molecule has 0 saturated heterocycles. The zero-order valence-corrected chi connectivity index (χ0v) is 8.85. The van der Waals surface area contributed by atoms with E-state index in [4.69, 9.17) is 9.78 Å². The van der Waals surface area contributed by atoms with Crippen molar-refractivity contribution in [3.8, 4) is 6.07 Å². The number of aromatic nitrogens is 2. The quantitative estimate of drug-likeness (QED) is 0.868. The Bertz CT molecular complexity index is 533. The van der Waals surface area contributed by atoms with Gasteiger partial charge in [-0.05, 0) is 18.2 Å². The number of nitriles is 1. The van der Waals surface area contributed by atoms with E-state index in [9.17, 15) is 4.39 Å². The Balaban J connectivity index is 1.91. The van der Waals surface area contributed by atoms with Crippen LogP contribution in [0.5, 0.6) is 0 Å². The molecule has 1 aromatic heterocycles. The molecule has 0 aliphatic rings. The molecule has 0 bridgehead atoms. The Morgan fingerprint density at radius 3 is 3.00 bits per heavy atom. The van der Waals surface area contributed by atoms with Crippen molar-refractivity contribution in [3.05, 3.63) is 41.8 Å². The Kier molecular flexibility index (Phi) is 3.31. The number of benzene rings is 1. The van der Waals surface area contributed by atoms with E-state index < -0.39 is 5.82 Å². The molecular weight excluding hydrogens is 223 g/mol. The highest BCUT2D eigenvalue weighted by atomic mass is 19.1. The molecule has 0 unspecified atom stereocenters. The van der Waals surface area contributed by atoms with Crippen LogP contribution in [0.1, 0.15) is 11.5 Å². The lowest BCUT2D eigenvalue weighted by molar-refractivity contribution is 0.380. The van der Waals surface area contributed by atoms with E-state index in [0.29, 0.717) is 24.5 Å². The van der Waals surface area contributed by atoms with Gasteiger partial charge in [-0.25, -0.2) is 4.39 Å². The second kappa shape index (κ2) is 5.07. The number of anilines is 1. The summed E-state index contributed by atoms with van der Waals surface area (Å²) in [6.45, 7) is 0.549. The first-order chi connectivity index (χ1) is 8.29. The lowest BCUT2D eigenvalue weighted by Gasteiger charge is -2.04. The topological polar surface area (TPSA) is 74.7 Å². The highest BCUT2D eigenvalue weighted by molar-refractivity contribution is 5.48. The molecule has 0 spiro atoms. The van der Waals surface area contributed by atoms with Gasteiger partial charge in [0.2, 0.25) is 5.89 Å². The van der Waals surface area contributed by atoms with E-state index >= 15 is 0 Å². The molecular formula is C11H9FN4O. The van der Waals surface area contributed by atoms with Crippen molar-refractivity contribution >= 4 is 5.69 Å². The molecule has 1 N–H and O–H groups in total. The van der Waals surface area contributed by atoms with Crippen LogP contribution in [-0.2, 0) is 6.42 Å². The standard InChI is InChI=1S/C11H9FN4O/c12-10-5-9(2-1-8(10)6-13)14-4-3-11-15-7-16-17-11/h1-2,5,7,14H,3-4H2. The summed E-state index contributed by atoms with van der Waals surface area (Å²) in [5.74, 6) is -0.0121. The molecule has 2 aromatic rings. The SMILES string of the molecule is N#Cc1ccc(NCCc2ncno2)cc1F. The van der Waals surface area contributed by atoms with Crippen molar-refractivity contribution in [2.45, 2.75) is 6.42 Å². The van der Waals surface area contributed by atoms with Crippen LogP contribution in [-0.4, -0.2) is 16.7 Å². The van der Waals surface area contributed by atoms with Crippen LogP contribution in [0.4, 0.5) is 10.1 Å². The first-order valence-corrected chi connectivity index (χ1v) is 4.98. The zero-order chi connectivity index (χ0) is 12.1. The van der Waals surface area contributed by atoms with Gasteiger partial charge in [0.05, 0.1) is 5.56 Å². The van der Waals surface area contributed by atoms with Crippen molar-refractivity contribution in [2.24, 2.45) is 0 Å². The van der Waals surface area contributed by atoms with Gasteiger partial charge in [0.1, 0.15) is 11.9 Å². The Morgan fingerprint density at radius 2 is 2.35 bits per heavy atom. The van der Waals surface area contributed by atoms with Gasteiger partial charge < -0.3 is 9.84 Å². The monoisotopic (exact) mass is 232 g/mol. The van der Waals surface area contributed by atoms with Gasteiger partial charge in [-0.3, -0.25) is 0 Å². The fourth-order valence-corrected chi connectivity index (χ4v) is 1.34. The first kappa shape index (κ1) is 11.1. The molecule has 0 fully saturated rings. The third-order valence-electron chi connectivity index (χ3n) is 2.16. The highest BCUT2D eigenvalue weighted by Crippen LogP contribution is 2.13. The minimum absolute atomic E-state index is 0.0347. The van der Waals surface area contributed by atoms with Crippen molar-refractivity contribution in [1.82, 2.24) is 10.1 Å². The molecule has 0 atom stereocenters. The summed E-state index contributed by atoms with van der Waals surface area (Å²) in [7, 11) is 0. The zero-order valence-electron chi connectivity index (χ0n) is 8.85. The van der Waals surface area contributed by atoms with Crippen LogP contribution >= 0.6 is 0 Å². The number of hydrogen-bond acceptors (Lipinski definition) is 5. The molecule has 86 valence electrons. The lowest BCUT2D eigenvalue weighted by Crippen LogP contribution is -2.05. The van der Waals surface area contributed by atoms with Gasteiger partial charge in [-0.15, -0.1) is 0 Å². The molecule has 2 rings (SSSR count). The lowest BCUT2D eigenvalue weighted by atomic mass is 10.2. The van der Waals surface area contributed by atoms with E-state index in [1.807, 2.05) is 0 Å². The van der Waals surface area contributed by atoms with Crippen LogP contribution < -0.4 is 5.32 Å². The second-order valence-electron chi connectivity index (χ2n) is 3.32. The van der Waals surface area contributed by atoms with Gasteiger partial charge in [0.25, 0.3) is 0 Å². The molecule has 1 heterocycles. The third-order valence-corrected chi connectivity index (χ3v) is 2.16. The predicted octanol–water partition coefficient (Wildman–Crippen LogP) is 1.73. The molecule has 0 radical (unpaired) electrons. The number of hydrogen-bond donors (Lipinski definition) is 1. The smallest absolute Gasteiger partial charge is 0.228 e. The molecule has 6 heteroatoms. The Morgan fingerprint density at radius 1 is 1.47 bits per heavy atom. The molecule has 5 nitrogen and oxygen atoms in total. The van der Waals surface area contributed by atoms with E-state index in [0.717, 1.165) is 0 Å². The van der Waals surface area contributed by atoms with Crippen molar-refractivity contribution in [1.29, 1.82) is 5.26 Å². The molecule has 0 aliphatic carbocycles. The van der Waals surface area contributed by atoms with Gasteiger partial charge in [-0.1, -0.05) is 5.16 Å². The minimum Gasteiger partial charge on any atom is -0.384 e. The first-order valence-electron chi connectivity index (χ1n) is 4.98. The van der Waals surface area contributed by atoms with Crippen LogP contribution in [0.2, 0.25) is 0 Å².